The predicted octanol–water partition coefficient (Wildman–Crippen LogP) is 4.15. The van der Waals surface area contributed by atoms with Crippen molar-refractivity contribution < 1.29 is 18.7 Å². The molecule has 0 radical (unpaired) electrons. The van der Waals surface area contributed by atoms with E-state index in [-0.39, 0.29) is 29.0 Å². The number of ether oxygens (including phenoxy) is 1. The zero-order valence-corrected chi connectivity index (χ0v) is 15.8. The molecule has 2 aromatic rings. The largest absolute Gasteiger partial charge is 0.452 e. The summed E-state index contributed by atoms with van der Waals surface area (Å²) in [5, 5.41) is 3.11. The van der Waals surface area contributed by atoms with Crippen molar-refractivity contribution in [3.05, 3.63) is 70.0 Å². The summed E-state index contributed by atoms with van der Waals surface area (Å²) in [7, 11) is 0. The van der Waals surface area contributed by atoms with E-state index in [0.29, 0.717) is 0 Å². The van der Waals surface area contributed by atoms with Crippen molar-refractivity contribution >= 4 is 23.5 Å². The summed E-state index contributed by atoms with van der Waals surface area (Å²) in [5.74, 6) is -1.64. The molecule has 0 unspecified atom stereocenters. The number of rotatable bonds is 5. The fraction of sp³-hybridized carbons (Fsp3) is 0.333. The van der Waals surface area contributed by atoms with Gasteiger partial charge in [0.15, 0.2) is 6.10 Å². The molecule has 27 heavy (non-hydrogen) atoms. The maximum atomic E-state index is 13.8. The van der Waals surface area contributed by atoms with Crippen molar-refractivity contribution in [1.29, 1.82) is 0 Å². The van der Waals surface area contributed by atoms with Crippen LogP contribution in [0, 0.1) is 5.82 Å². The quantitative estimate of drug-likeness (QED) is 0.781. The molecule has 1 aliphatic carbocycles. The van der Waals surface area contributed by atoms with E-state index in [2.05, 4.69) is 11.4 Å². The van der Waals surface area contributed by atoms with Gasteiger partial charge in [-0.1, -0.05) is 41.9 Å². The van der Waals surface area contributed by atoms with E-state index >= 15 is 0 Å². The summed E-state index contributed by atoms with van der Waals surface area (Å²) in [6.07, 6.45) is 1.53. The highest BCUT2D eigenvalue weighted by Gasteiger charge is 2.25. The molecule has 1 N–H and O–H groups in total. The first-order chi connectivity index (χ1) is 13.0. The Bertz CT molecular complexity index is 835. The first kappa shape index (κ1) is 19.4. The third-order valence-corrected chi connectivity index (χ3v) is 5.10. The van der Waals surface area contributed by atoms with Crippen LogP contribution in [-0.2, 0) is 27.2 Å². The van der Waals surface area contributed by atoms with Crippen LogP contribution >= 0.6 is 11.6 Å². The van der Waals surface area contributed by atoms with Crippen LogP contribution in [0.25, 0.3) is 0 Å². The normalized spacial score (nSPS) is 16.9. The van der Waals surface area contributed by atoms with Crippen molar-refractivity contribution in [1.82, 2.24) is 5.32 Å². The Labute approximate surface area is 162 Å². The number of carbonyl (C=O) groups excluding carboxylic acids is 2. The van der Waals surface area contributed by atoms with E-state index in [1.807, 2.05) is 18.2 Å². The maximum absolute atomic E-state index is 13.8. The topological polar surface area (TPSA) is 55.4 Å². The van der Waals surface area contributed by atoms with Gasteiger partial charge < -0.3 is 10.1 Å². The Hall–Kier alpha value is -2.40. The molecule has 6 heteroatoms. The van der Waals surface area contributed by atoms with Crippen molar-refractivity contribution in [3.63, 3.8) is 0 Å². The standard InChI is InChI=1S/C21H21ClFNO3/c1-13(27-20(25)12-16-17(22)9-5-10-18(16)23)21(26)24-19-11-4-7-14-6-2-3-8-15(14)19/h2-3,5-6,8-10,13,19H,4,7,11-12H2,1H3,(H,24,26)/t13-,19-/m1/s1. The number of benzene rings is 2. The lowest BCUT2D eigenvalue weighted by atomic mass is 9.87. The average Bonchev–Trinajstić information content (AvgIpc) is 2.65. The minimum Gasteiger partial charge on any atom is -0.452 e. The fourth-order valence-electron chi connectivity index (χ4n) is 3.33. The Kier molecular flexibility index (Phi) is 6.11. The number of fused-ring (bicyclic) bond motifs is 1. The molecule has 3 rings (SSSR count). The van der Waals surface area contributed by atoms with E-state index in [0.717, 1.165) is 24.8 Å². The molecule has 142 valence electrons. The molecule has 2 atom stereocenters. The predicted molar refractivity (Wildman–Crippen MR) is 101 cm³/mol. The zero-order chi connectivity index (χ0) is 19.4. The molecule has 0 aliphatic heterocycles. The number of esters is 1. The first-order valence-corrected chi connectivity index (χ1v) is 9.34. The molecule has 0 fully saturated rings. The number of halogens is 2. The number of aryl methyl sites for hydroxylation is 1. The third-order valence-electron chi connectivity index (χ3n) is 4.75. The lowest BCUT2D eigenvalue weighted by molar-refractivity contribution is -0.154. The molecular weight excluding hydrogens is 369 g/mol. The minimum atomic E-state index is -0.975. The second kappa shape index (κ2) is 8.53. The minimum absolute atomic E-state index is 0.0676. The van der Waals surface area contributed by atoms with Crippen molar-refractivity contribution in [2.45, 2.75) is 44.8 Å². The van der Waals surface area contributed by atoms with Gasteiger partial charge in [-0.05, 0) is 49.4 Å². The summed E-state index contributed by atoms with van der Waals surface area (Å²) >= 11 is 5.92. The Morgan fingerprint density at radius 3 is 2.81 bits per heavy atom. The van der Waals surface area contributed by atoms with Gasteiger partial charge >= 0.3 is 5.97 Å². The first-order valence-electron chi connectivity index (χ1n) is 8.96. The number of carbonyl (C=O) groups is 2. The Morgan fingerprint density at radius 2 is 2.04 bits per heavy atom. The van der Waals surface area contributed by atoms with Crippen molar-refractivity contribution in [2.24, 2.45) is 0 Å². The molecule has 4 nitrogen and oxygen atoms in total. The van der Waals surface area contributed by atoms with Gasteiger partial charge in [0.25, 0.3) is 5.91 Å². The van der Waals surface area contributed by atoms with Crippen LogP contribution in [0.5, 0.6) is 0 Å². The molecule has 0 saturated heterocycles. The SMILES string of the molecule is C[C@@H](OC(=O)Cc1c(F)cccc1Cl)C(=O)N[C@@H]1CCCc2ccccc21. The van der Waals surface area contributed by atoms with E-state index < -0.39 is 17.9 Å². The number of amides is 1. The number of nitrogens with one attached hydrogen (secondary N) is 1. The van der Waals surface area contributed by atoms with Crippen LogP contribution in [0.1, 0.15) is 42.5 Å². The molecule has 0 spiro atoms. The van der Waals surface area contributed by atoms with Crippen LogP contribution < -0.4 is 5.32 Å². The summed E-state index contributed by atoms with van der Waals surface area (Å²) in [4.78, 5) is 24.5. The van der Waals surface area contributed by atoms with Crippen LogP contribution in [-0.4, -0.2) is 18.0 Å². The van der Waals surface area contributed by atoms with Crippen LogP contribution in [0.4, 0.5) is 4.39 Å². The van der Waals surface area contributed by atoms with Gasteiger partial charge in [-0.15, -0.1) is 0 Å². The van der Waals surface area contributed by atoms with E-state index in [9.17, 15) is 14.0 Å². The molecular formula is C21H21ClFNO3. The van der Waals surface area contributed by atoms with E-state index in [4.69, 9.17) is 16.3 Å². The van der Waals surface area contributed by atoms with Gasteiger partial charge in [-0.25, -0.2) is 4.39 Å². The fourth-order valence-corrected chi connectivity index (χ4v) is 3.56. The molecule has 1 amide bonds. The molecule has 0 saturated carbocycles. The lowest BCUT2D eigenvalue weighted by Gasteiger charge is -2.27. The van der Waals surface area contributed by atoms with Gasteiger partial charge in [0.2, 0.25) is 0 Å². The molecule has 1 aliphatic rings. The van der Waals surface area contributed by atoms with Gasteiger partial charge in [-0.3, -0.25) is 9.59 Å². The van der Waals surface area contributed by atoms with Gasteiger partial charge in [-0.2, -0.15) is 0 Å². The molecule has 0 heterocycles. The Morgan fingerprint density at radius 1 is 1.26 bits per heavy atom. The van der Waals surface area contributed by atoms with E-state index in [1.165, 1.54) is 30.7 Å². The van der Waals surface area contributed by atoms with Gasteiger partial charge in [0.1, 0.15) is 5.82 Å². The second-order valence-corrected chi connectivity index (χ2v) is 7.07. The third kappa shape index (κ3) is 4.66. The highest BCUT2D eigenvalue weighted by molar-refractivity contribution is 6.31. The molecule has 0 bridgehead atoms. The number of hydrogen-bond acceptors (Lipinski definition) is 3. The number of hydrogen-bond donors (Lipinski definition) is 1. The van der Waals surface area contributed by atoms with Gasteiger partial charge in [0, 0.05) is 10.6 Å². The maximum Gasteiger partial charge on any atom is 0.311 e. The van der Waals surface area contributed by atoms with E-state index in [1.54, 1.807) is 0 Å². The van der Waals surface area contributed by atoms with Crippen LogP contribution in [0.2, 0.25) is 5.02 Å². The highest BCUT2D eigenvalue weighted by Crippen LogP contribution is 2.29. The molecule has 0 aromatic heterocycles. The Balaban J connectivity index is 1.59. The van der Waals surface area contributed by atoms with Crippen LogP contribution in [0.15, 0.2) is 42.5 Å². The monoisotopic (exact) mass is 389 g/mol. The smallest absolute Gasteiger partial charge is 0.311 e. The van der Waals surface area contributed by atoms with Crippen molar-refractivity contribution in [2.75, 3.05) is 0 Å². The highest BCUT2D eigenvalue weighted by atomic mass is 35.5. The van der Waals surface area contributed by atoms with Crippen LogP contribution in [0.3, 0.4) is 0 Å². The lowest BCUT2D eigenvalue weighted by Crippen LogP contribution is -2.39. The summed E-state index contributed by atoms with van der Waals surface area (Å²) in [6.45, 7) is 1.50. The van der Waals surface area contributed by atoms with Crippen molar-refractivity contribution in [3.8, 4) is 0 Å². The second-order valence-electron chi connectivity index (χ2n) is 6.66. The average molecular weight is 390 g/mol. The zero-order valence-electron chi connectivity index (χ0n) is 15.0. The summed E-state index contributed by atoms with van der Waals surface area (Å²) in [5.41, 5.74) is 2.40. The van der Waals surface area contributed by atoms with Gasteiger partial charge in [0.05, 0.1) is 12.5 Å². The molecule has 2 aromatic carbocycles. The summed E-state index contributed by atoms with van der Waals surface area (Å²) in [6, 6.07) is 12.1. The summed E-state index contributed by atoms with van der Waals surface area (Å²) < 4.78 is 19.0.